The third kappa shape index (κ3) is 4.79. The Morgan fingerprint density at radius 2 is 1.93 bits per heavy atom. The molecule has 0 bridgehead atoms. The third-order valence-corrected chi connectivity index (χ3v) is 5.67. The Balaban J connectivity index is 1.87. The van der Waals surface area contributed by atoms with Crippen LogP contribution >= 0.6 is 11.8 Å². The molecule has 0 aliphatic rings. The van der Waals surface area contributed by atoms with E-state index in [2.05, 4.69) is 17.2 Å². The van der Waals surface area contributed by atoms with Gasteiger partial charge in [0.1, 0.15) is 5.75 Å². The van der Waals surface area contributed by atoms with Crippen molar-refractivity contribution in [1.29, 1.82) is 0 Å². The van der Waals surface area contributed by atoms with Gasteiger partial charge >= 0.3 is 0 Å². The number of anilines is 1. The first kappa shape index (κ1) is 20.9. The van der Waals surface area contributed by atoms with Crippen LogP contribution in [0, 0.1) is 0 Å². The molecular weight excluding hydrogens is 386 g/mol. The fraction of sp³-hybridized carbons (Fsp3) is 0.318. The Hall–Kier alpha value is -2.80. The van der Waals surface area contributed by atoms with Crippen LogP contribution in [0.3, 0.4) is 0 Å². The predicted octanol–water partition coefficient (Wildman–Crippen LogP) is 4.32. The number of ether oxygens (including phenoxy) is 1. The van der Waals surface area contributed by atoms with Gasteiger partial charge in [-0.15, -0.1) is 0 Å². The van der Waals surface area contributed by atoms with Crippen molar-refractivity contribution in [2.24, 2.45) is 0 Å². The van der Waals surface area contributed by atoms with Crippen molar-refractivity contribution in [3.8, 4) is 5.75 Å². The summed E-state index contributed by atoms with van der Waals surface area (Å²) in [6.45, 7) is 4.47. The van der Waals surface area contributed by atoms with Gasteiger partial charge in [-0.05, 0) is 37.6 Å². The zero-order chi connectivity index (χ0) is 20.8. The Bertz CT molecular complexity index is 1060. The van der Waals surface area contributed by atoms with Gasteiger partial charge in [-0.3, -0.25) is 14.2 Å². The summed E-state index contributed by atoms with van der Waals surface area (Å²) in [4.78, 5) is 30.4. The van der Waals surface area contributed by atoms with Crippen LogP contribution in [0.5, 0.6) is 5.75 Å². The highest BCUT2D eigenvalue weighted by molar-refractivity contribution is 8.00. The Morgan fingerprint density at radius 1 is 1.21 bits per heavy atom. The standard InChI is InChI=1S/C22H25N3O3S/c1-4-5-14-25-21(27)16-10-6-7-11-17(16)24-22(25)29-15(2)20(26)23-18-12-8-9-13-19(18)28-3/h6-13,15H,4-5,14H2,1-3H3,(H,23,26)/t15-/m0/s1. The number of hydrogen-bond acceptors (Lipinski definition) is 5. The average Bonchev–Trinajstić information content (AvgIpc) is 2.74. The van der Waals surface area contributed by atoms with E-state index >= 15 is 0 Å². The maximum Gasteiger partial charge on any atom is 0.262 e. The summed E-state index contributed by atoms with van der Waals surface area (Å²) < 4.78 is 6.98. The van der Waals surface area contributed by atoms with Crippen molar-refractivity contribution >= 4 is 34.3 Å². The molecule has 0 aliphatic heterocycles. The molecule has 0 unspecified atom stereocenters. The van der Waals surface area contributed by atoms with Gasteiger partial charge in [0, 0.05) is 6.54 Å². The minimum Gasteiger partial charge on any atom is -0.495 e. The van der Waals surface area contributed by atoms with Crippen LogP contribution < -0.4 is 15.6 Å². The van der Waals surface area contributed by atoms with E-state index in [9.17, 15) is 9.59 Å². The fourth-order valence-corrected chi connectivity index (χ4v) is 3.88. The molecule has 1 heterocycles. The number of carbonyl (C=O) groups is 1. The molecule has 1 atom stereocenters. The van der Waals surface area contributed by atoms with Gasteiger partial charge in [0.05, 0.1) is 29.0 Å². The normalized spacial score (nSPS) is 12.0. The molecule has 0 fully saturated rings. The molecule has 1 N–H and O–H groups in total. The molecule has 1 aromatic heterocycles. The van der Waals surface area contributed by atoms with Crippen LogP contribution in [-0.2, 0) is 11.3 Å². The van der Waals surface area contributed by atoms with Crippen LogP contribution in [0.4, 0.5) is 5.69 Å². The van der Waals surface area contributed by atoms with Crippen molar-refractivity contribution in [2.45, 2.75) is 43.6 Å². The lowest BCUT2D eigenvalue weighted by atomic mass is 10.2. The second kappa shape index (κ2) is 9.60. The van der Waals surface area contributed by atoms with Gasteiger partial charge in [-0.2, -0.15) is 0 Å². The van der Waals surface area contributed by atoms with Gasteiger partial charge in [0.25, 0.3) is 5.56 Å². The molecule has 2 aromatic carbocycles. The van der Waals surface area contributed by atoms with Crippen LogP contribution in [0.25, 0.3) is 10.9 Å². The van der Waals surface area contributed by atoms with Crippen molar-refractivity contribution in [3.63, 3.8) is 0 Å². The number of nitrogens with zero attached hydrogens (tertiary/aromatic N) is 2. The largest absolute Gasteiger partial charge is 0.495 e. The summed E-state index contributed by atoms with van der Waals surface area (Å²) in [5.41, 5.74) is 1.19. The smallest absolute Gasteiger partial charge is 0.262 e. The van der Waals surface area contributed by atoms with Crippen molar-refractivity contribution < 1.29 is 9.53 Å². The molecular formula is C22H25N3O3S. The number of aromatic nitrogens is 2. The maximum atomic E-state index is 13.0. The predicted molar refractivity (Wildman–Crippen MR) is 118 cm³/mol. The van der Waals surface area contributed by atoms with Crippen LogP contribution in [0.1, 0.15) is 26.7 Å². The van der Waals surface area contributed by atoms with Crippen molar-refractivity contribution in [1.82, 2.24) is 9.55 Å². The van der Waals surface area contributed by atoms with E-state index in [1.54, 1.807) is 36.8 Å². The van der Waals surface area contributed by atoms with E-state index < -0.39 is 5.25 Å². The number of methoxy groups -OCH3 is 1. The fourth-order valence-electron chi connectivity index (χ4n) is 2.94. The highest BCUT2D eigenvalue weighted by atomic mass is 32.2. The number of unbranched alkanes of at least 4 members (excludes halogenated alkanes) is 1. The minimum absolute atomic E-state index is 0.0658. The van der Waals surface area contributed by atoms with Crippen LogP contribution in [0.2, 0.25) is 0 Å². The molecule has 0 radical (unpaired) electrons. The first-order valence-electron chi connectivity index (χ1n) is 9.65. The lowest BCUT2D eigenvalue weighted by molar-refractivity contribution is -0.115. The number of benzene rings is 2. The van der Waals surface area contributed by atoms with Gasteiger partial charge < -0.3 is 10.1 Å². The number of nitrogens with one attached hydrogen (secondary N) is 1. The number of rotatable bonds is 8. The molecule has 29 heavy (non-hydrogen) atoms. The van der Waals surface area contributed by atoms with E-state index in [-0.39, 0.29) is 11.5 Å². The second-order valence-corrected chi connectivity index (χ2v) is 7.98. The number of hydrogen-bond donors (Lipinski definition) is 1. The molecule has 7 heteroatoms. The van der Waals surface area contributed by atoms with E-state index in [4.69, 9.17) is 4.74 Å². The lowest BCUT2D eigenvalue weighted by Gasteiger charge is -2.17. The van der Waals surface area contributed by atoms with Gasteiger partial charge in [-0.1, -0.05) is 49.4 Å². The molecule has 3 rings (SSSR count). The molecule has 3 aromatic rings. The molecule has 6 nitrogen and oxygen atoms in total. The first-order valence-corrected chi connectivity index (χ1v) is 10.5. The summed E-state index contributed by atoms with van der Waals surface area (Å²) in [6.07, 6.45) is 1.84. The van der Waals surface area contributed by atoms with Crippen molar-refractivity contribution in [2.75, 3.05) is 12.4 Å². The lowest BCUT2D eigenvalue weighted by Crippen LogP contribution is -2.27. The molecule has 0 saturated carbocycles. The molecule has 0 aliphatic carbocycles. The SMILES string of the molecule is CCCCn1c(S[C@@H](C)C(=O)Nc2ccccc2OC)nc2ccccc2c1=O. The Morgan fingerprint density at radius 3 is 2.69 bits per heavy atom. The van der Waals surface area contributed by atoms with E-state index in [1.165, 1.54) is 11.8 Å². The minimum atomic E-state index is -0.444. The number of amides is 1. The quantitative estimate of drug-likeness (QED) is 0.441. The number of para-hydroxylation sites is 3. The van der Waals surface area contributed by atoms with Gasteiger partial charge in [0.15, 0.2) is 5.16 Å². The third-order valence-electron chi connectivity index (χ3n) is 4.58. The number of fused-ring (bicyclic) bond motifs is 1. The van der Waals surface area contributed by atoms with E-state index in [1.807, 2.05) is 30.3 Å². The van der Waals surface area contributed by atoms with E-state index in [0.717, 1.165) is 12.8 Å². The zero-order valence-corrected chi connectivity index (χ0v) is 17.7. The molecule has 152 valence electrons. The topological polar surface area (TPSA) is 73.2 Å². The number of carbonyl (C=O) groups excluding carboxylic acids is 1. The maximum absolute atomic E-state index is 13.0. The molecule has 1 amide bonds. The highest BCUT2D eigenvalue weighted by Crippen LogP contribution is 2.27. The summed E-state index contributed by atoms with van der Waals surface area (Å²) in [5, 5.41) is 3.61. The molecule has 0 saturated heterocycles. The Labute approximate surface area is 174 Å². The van der Waals surface area contributed by atoms with E-state index in [0.29, 0.717) is 34.0 Å². The number of thioether (sulfide) groups is 1. The zero-order valence-electron chi connectivity index (χ0n) is 16.8. The summed E-state index contributed by atoms with van der Waals surface area (Å²) >= 11 is 1.29. The second-order valence-electron chi connectivity index (χ2n) is 6.67. The summed E-state index contributed by atoms with van der Waals surface area (Å²) in [7, 11) is 1.56. The summed E-state index contributed by atoms with van der Waals surface area (Å²) in [6, 6.07) is 14.6. The Kier molecular flexibility index (Phi) is 6.93. The first-order chi connectivity index (χ1) is 14.0. The molecule has 0 spiro atoms. The van der Waals surface area contributed by atoms with Crippen LogP contribution in [0.15, 0.2) is 58.5 Å². The van der Waals surface area contributed by atoms with Gasteiger partial charge in [-0.25, -0.2) is 4.98 Å². The van der Waals surface area contributed by atoms with Crippen molar-refractivity contribution in [3.05, 3.63) is 58.9 Å². The highest BCUT2D eigenvalue weighted by Gasteiger charge is 2.20. The van der Waals surface area contributed by atoms with Gasteiger partial charge in [0.2, 0.25) is 5.91 Å². The van der Waals surface area contributed by atoms with Crippen LogP contribution in [-0.4, -0.2) is 27.8 Å². The monoisotopic (exact) mass is 411 g/mol. The average molecular weight is 412 g/mol. The summed E-state index contributed by atoms with van der Waals surface area (Å²) in [5.74, 6) is 0.422.